The predicted octanol–water partition coefficient (Wildman–Crippen LogP) is 5.65. The lowest BCUT2D eigenvalue weighted by atomic mass is 10.1. The highest BCUT2D eigenvalue weighted by Crippen LogP contribution is 2.28. The summed E-state index contributed by atoms with van der Waals surface area (Å²) < 4.78 is 59.7. The van der Waals surface area contributed by atoms with E-state index in [1.807, 2.05) is 20.8 Å². The molecule has 0 N–H and O–H groups in total. The molecule has 1 heterocycles. The Balaban J connectivity index is 0.000000784. The van der Waals surface area contributed by atoms with E-state index in [0.29, 0.717) is 10.0 Å². The minimum absolute atomic E-state index is 0.0477. The van der Waals surface area contributed by atoms with Crippen LogP contribution in [-0.2, 0) is 20.0 Å². The Bertz CT molecular complexity index is 1130. The molecular weight excluding hydrogens is 588 g/mol. The quantitative estimate of drug-likeness (QED) is 0.417. The maximum atomic E-state index is 13.2. The van der Waals surface area contributed by atoms with Gasteiger partial charge in [-0.1, -0.05) is 58.0 Å². The van der Waals surface area contributed by atoms with Crippen LogP contribution in [0.3, 0.4) is 0 Å². The van der Waals surface area contributed by atoms with E-state index >= 15 is 0 Å². The van der Waals surface area contributed by atoms with E-state index in [-0.39, 0.29) is 29.8 Å². The molecule has 0 spiro atoms. The first-order valence-corrected chi connectivity index (χ1v) is 14.4. The highest BCUT2D eigenvalue weighted by Gasteiger charge is 2.41. The van der Waals surface area contributed by atoms with Crippen LogP contribution in [0.1, 0.15) is 22.1 Å². The monoisotopic (exact) mass is 610 g/mol. The van der Waals surface area contributed by atoms with Crippen molar-refractivity contribution in [1.29, 1.82) is 0 Å². The SMILES string of the molecule is CC(C)(C)N1CN(S(=O)(=O)c2ccc(Cl)cc2)CN(S(=O)(=O)c2ccc(Cl)cc2)C1.[2H]C(Cl)(Cl)Cl. The lowest BCUT2D eigenvalue weighted by Gasteiger charge is -2.46. The summed E-state index contributed by atoms with van der Waals surface area (Å²) in [6, 6.07) is 11.6. The fourth-order valence-corrected chi connectivity index (χ4v) is 5.98. The number of rotatable bonds is 4. The first-order valence-electron chi connectivity index (χ1n) is 10.1. The van der Waals surface area contributed by atoms with Crippen molar-refractivity contribution in [3.05, 3.63) is 58.6 Å². The van der Waals surface area contributed by atoms with E-state index in [4.69, 9.17) is 59.4 Å². The highest BCUT2D eigenvalue weighted by atomic mass is 35.6. The zero-order chi connectivity index (χ0) is 26.8. The Morgan fingerprint density at radius 2 is 1.03 bits per heavy atom. The molecule has 0 radical (unpaired) electrons. The molecule has 14 heteroatoms. The van der Waals surface area contributed by atoms with Crippen LogP contribution in [-0.4, -0.2) is 60.2 Å². The topological polar surface area (TPSA) is 78.0 Å². The van der Waals surface area contributed by atoms with Crippen LogP contribution in [0, 0.1) is 0 Å². The van der Waals surface area contributed by atoms with Crippen molar-refractivity contribution < 1.29 is 18.2 Å². The minimum Gasteiger partial charge on any atom is -0.271 e. The van der Waals surface area contributed by atoms with E-state index in [9.17, 15) is 16.8 Å². The summed E-state index contributed by atoms with van der Waals surface area (Å²) >= 11 is 25.9. The molecule has 0 bridgehead atoms. The summed E-state index contributed by atoms with van der Waals surface area (Å²) in [6.07, 6.45) is 0. The van der Waals surface area contributed by atoms with Crippen molar-refractivity contribution in [3.63, 3.8) is 0 Å². The van der Waals surface area contributed by atoms with E-state index in [1.54, 1.807) is 4.90 Å². The number of hydrogen-bond acceptors (Lipinski definition) is 5. The normalized spacial score (nSPS) is 17.6. The predicted molar refractivity (Wildman–Crippen MR) is 138 cm³/mol. The molecule has 1 fully saturated rings. The number of hydrogen-bond donors (Lipinski definition) is 0. The molecule has 2 aromatic rings. The van der Waals surface area contributed by atoms with E-state index in [0.717, 1.165) is 8.61 Å². The summed E-state index contributed by atoms with van der Waals surface area (Å²) in [5.41, 5.74) is -0.470. The number of halogens is 5. The molecule has 0 aliphatic carbocycles. The lowest BCUT2D eigenvalue weighted by molar-refractivity contribution is 0.00110. The van der Waals surface area contributed by atoms with Gasteiger partial charge in [-0.05, 0) is 69.3 Å². The van der Waals surface area contributed by atoms with Crippen molar-refractivity contribution in [2.45, 2.75) is 40.4 Å². The lowest BCUT2D eigenvalue weighted by Crippen LogP contribution is -2.62. The third-order valence-corrected chi connectivity index (χ3v) is 8.89. The minimum atomic E-state index is -3.95. The van der Waals surface area contributed by atoms with Gasteiger partial charge in [0.2, 0.25) is 20.0 Å². The molecule has 3 rings (SSSR count). The second-order valence-electron chi connectivity index (χ2n) is 8.17. The van der Waals surface area contributed by atoms with Crippen molar-refractivity contribution in [2.75, 3.05) is 20.0 Å². The third kappa shape index (κ3) is 7.83. The maximum absolute atomic E-state index is 13.2. The molecule has 0 aromatic heterocycles. The van der Waals surface area contributed by atoms with E-state index < -0.39 is 29.9 Å². The standard InChI is InChI=1S/C19H23Cl2N3O4S2.CHCl3/c1-19(2,3)22-12-23(29(25,26)17-8-4-15(20)5-9-17)14-24(13-22)30(27,28)18-10-6-16(21)7-11-18;2-1(3)4/h4-11H,12-14H2,1-3H3;1H/i;1D. The summed E-state index contributed by atoms with van der Waals surface area (Å²) in [7, 11) is -7.90. The first-order chi connectivity index (χ1) is 15.8. The van der Waals surface area contributed by atoms with Gasteiger partial charge in [-0.25, -0.2) is 16.8 Å². The molecule has 1 aliphatic heterocycles. The average Bonchev–Trinajstić information content (AvgIpc) is 2.72. The molecular formula is C20H24Cl5N3O4S2. The van der Waals surface area contributed by atoms with Gasteiger partial charge in [-0.15, -0.1) is 0 Å². The summed E-state index contributed by atoms with van der Waals surface area (Å²) in [6.45, 7) is 5.51. The highest BCUT2D eigenvalue weighted by molar-refractivity contribution is 7.90. The van der Waals surface area contributed by atoms with Crippen LogP contribution in [0.5, 0.6) is 0 Å². The van der Waals surface area contributed by atoms with Gasteiger partial charge in [-0.2, -0.15) is 8.61 Å². The van der Waals surface area contributed by atoms with E-state index in [1.165, 1.54) is 48.5 Å². The molecule has 190 valence electrons. The van der Waals surface area contributed by atoms with Crippen LogP contribution in [0.2, 0.25) is 10.0 Å². The van der Waals surface area contributed by atoms with Gasteiger partial charge >= 0.3 is 0 Å². The number of alkyl halides is 3. The molecule has 0 amide bonds. The van der Waals surface area contributed by atoms with Gasteiger partial charge in [0.05, 0.1) is 31.2 Å². The van der Waals surface area contributed by atoms with Crippen LogP contribution in [0.4, 0.5) is 0 Å². The number of sulfonamides is 2. The molecule has 1 aliphatic rings. The van der Waals surface area contributed by atoms with Gasteiger partial charge in [0.1, 0.15) is 0 Å². The Hall–Kier alpha value is -0.330. The molecule has 34 heavy (non-hydrogen) atoms. The van der Waals surface area contributed by atoms with Gasteiger partial charge in [0.15, 0.2) is 4.27 Å². The van der Waals surface area contributed by atoms with Gasteiger partial charge in [-0.3, -0.25) is 4.90 Å². The Morgan fingerprint density at radius 3 is 1.29 bits per heavy atom. The third-order valence-electron chi connectivity index (χ3n) is 4.82. The summed E-state index contributed by atoms with van der Waals surface area (Å²) in [5, 5.41) is 0.826. The van der Waals surface area contributed by atoms with Crippen LogP contribution in [0.25, 0.3) is 0 Å². The summed E-state index contributed by atoms with van der Waals surface area (Å²) in [5.74, 6) is 0. The number of nitrogens with zero attached hydrogens (tertiary/aromatic N) is 3. The average molecular weight is 613 g/mol. The molecule has 2 aromatic carbocycles. The number of benzene rings is 2. The van der Waals surface area contributed by atoms with Crippen molar-refractivity contribution in [2.24, 2.45) is 0 Å². The largest absolute Gasteiger partial charge is 0.271 e. The van der Waals surface area contributed by atoms with Crippen molar-refractivity contribution in [3.8, 4) is 0 Å². The fourth-order valence-electron chi connectivity index (χ4n) is 2.93. The second-order valence-corrected chi connectivity index (χ2v) is 14.6. The van der Waals surface area contributed by atoms with Crippen LogP contribution in [0.15, 0.2) is 58.3 Å². The molecule has 1 saturated heterocycles. The molecule has 7 nitrogen and oxygen atoms in total. The second kappa shape index (κ2) is 11.8. The van der Waals surface area contributed by atoms with Crippen molar-refractivity contribution in [1.82, 2.24) is 13.5 Å². The molecule has 0 unspecified atom stereocenters. The van der Waals surface area contributed by atoms with Gasteiger partial charge < -0.3 is 0 Å². The maximum Gasteiger partial charge on any atom is 0.245 e. The Morgan fingerprint density at radius 1 is 0.735 bits per heavy atom. The van der Waals surface area contributed by atoms with Crippen molar-refractivity contribution >= 4 is 78.1 Å². The fraction of sp³-hybridized carbons (Fsp3) is 0.400. The first kappa shape index (κ1) is 28.2. The smallest absolute Gasteiger partial charge is 0.245 e. The molecule has 0 atom stereocenters. The van der Waals surface area contributed by atoms with E-state index in [2.05, 4.69) is 0 Å². The van der Waals surface area contributed by atoms with Gasteiger partial charge in [0, 0.05) is 15.6 Å². The summed E-state index contributed by atoms with van der Waals surface area (Å²) in [4.78, 5) is 1.88. The Kier molecular flexibility index (Phi) is 9.81. The van der Waals surface area contributed by atoms with Crippen LogP contribution < -0.4 is 0 Å². The Labute approximate surface area is 227 Å². The molecule has 0 saturated carbocycles. The zero-order valence-electron chi connectivity index (χ0n) is 19.4. The van der Waals surface area contributed by atoms with Crippen LogP contribution >= 0.6 is 58.0 Å². The zero-order valence-corrected chi connectivity index (χ0v) is 23.8. The van der Waals surface area contributed by atoms with Gasteiger partial charge in [0.25, 0.3) is 0 Å².